The fourth-order valence-corrected chi connectivity index (χ4v) is 0.804. The molecule has 1 aromatic rings. The van der Waals surface area contributed by atoms with Gasteiger partial charge in [-0.25, -0.2) is 0 Å². The van der Waals surface area contributed by atoms with Crippen LogP contribution in [0.2, 0.25) is 0 Å². The van der Waals surface area contributed by atoms with Crippen molar-refractivity contribution < 1.29 is 0 Å². The van der Waals surface area contributed by atoms with Crippen LogP contribution >= 0.6 is 0 Å². The lowest BCUT2D eigenvalue weighted by molar-refractivity contribution is 1.61. The van der Waals surface area contributed by atoms with E-state index in [-0.39, 0.29) is 0 Å². The lowest BCUT2D eigenvalue weighted by Crippen LogP contribution is -2.00. The Morgan fingerprint density at radius 3 is 2.60 bits per heavy atom. The van der Waals surface area contributed by atoms with Gasteiger partial charge in [0.1, 0.15) is 7.85 Å². The Hall–Kier alpha value is -0.975. The van der Waals surface area contributed by atoms with E-state index < -0.39 is 0 Å². The minimum atomic E-state index is 0.792. The van der Waals surface area contributed by atoms with Crippen LogP contribution in [-0.4, -0.2) is 7.85 Å². The standard InChI is InChI=1S/C9H9B/c1-7(2)8-4-3-5-9(10)6-8/h3-6H,1H2,2H3. The van der Waals surface area contributed by atoms with E-state index in [1.807, 2.05) is 31.2 Å². The number of allylic oxidation sites excluding steroid dienone is 1. The number of benzene rings is 1. The predicted octanol–water partition coefficient (Wildman–Crippen LogP) is 1.51. The average molecular weight is 128 g/mol. The van der Waals surface area contributed by atoms with E-state index in [1.165, 1.54) is 0 Å². The highest BCUT2D eigenvalue weighted by Crippen LogP contribution is 2.07. The van der Waals surface area contributed by atoms with Crippen LogP contribution in [0.5, 0.6) is 0 Å². The highest BCUT2D eigenvalue weighted by molar-refractivity contribution is 6.32. The quantitative estimate of drug-likeness (QED) is 0.503. The van der Waals surface area contributed by atoms with Gasteiger partial charge in [0.2, 0.25) is 0 Å². The zero-order valence-electron chi connectivity index (χ0n) is 6.09. The third-order valence-electron chi connectivity index (χ3n) is 1.38. The summed E-state index contributed by atoms with van der Waals surface area (Å²) >= 11 is 0. The van der Waals surface area contributed by atoms with Crippen LogP contribution < -0.4 is 5.46 Å². The van der Waals surface area contributed by atoms with Gasteiger partial charge in [-0.3, -0.25) is 0 Å². The first-order chi connectivity index (χ1) is 4.70. The van der Waals surface area contributed by atoms with Crippen LogP contribution in [-0.2, 0) is 0 Å². The highest BCUT2D eigenvalue weighted by Gasteiger charge is 1.90. The van der Waals surface area contributed by atoms with Crippen molar-refractivity contribution in [2.75, 3.05) is 0 Å². The number of hydrogen-bond donors (Lipinski definition) is 0. The average Bonchev–Trinajstić information content (AvgIpc) is 1.88. The van der Waals surface area contributed by atoms with Gasteiger partial charge in [-0.1, -0.05) is 41.9 Å². The van der Waals surface area contributed by atoms with Gasteiger partial charge in [0.25, 0.3) is 0 Å². The predicted molar refractivity (Wildman–Crippen MR) is 46.5 cm³/mol. The van der Waals surface area contributed by atoms with E-state index >= 15 is 0 Å². The van der Waals surface area contributed by atoms with Gasteiger partial charge in [-0.15, -0.1) is 0 Å². The highest BCUT2D eigenvalue weighted by atomic mass is 13.9. The van der Waals surface area contributed by atoms with Crippen molar-refractivity contribution in [3.05, 3.63) is 36.4 Å². The summed E-state index contributed by atoms with van der Waals surface area (Å²) in [5, 5.41) is 0. The molecule has 2 radical (unpaired) electrons. The Morgan fingerprint density at radius 2 is 2.20 bits per heavy atom. The lowest BCUT2D eigenvalue weighted by Gasteiger charge is -1.99. The van der Waals surface area contributed by atoms with Crippen molar-refractivity contribution in [1.82, 2.24) is 0 Å². The summed E-state index contributed by atoms with van der Waals surface area (Å²) in [7, 11) is 5.56. The Bertz CT molecular complexity index is 251. The Labute approximate surface area is 63.0 Å². The Morgan fingerprint density at radius 1 is 1.50 bits per heavy atom. The van der Waals surface area contributed by atoms with Gasteiger partial charge >= 0.3 is 0 Å². The van der Waals surface area contributed by atoms with Gasteiger partial charge in [-0.2, -0.15) is 0 Å². The second-order valence-corrected chi connectivity index (χ2v) is 2.41. The van der Waals surface area contributed by atoms with Gasteiger partial charge in [0, 0.05) is 0 Å². The molecule has 1 aromatic carbocycles. The Kier molecular flexibility index (Phi) is 1.95. The molecule has 0 atom stereocenters. The van der Waals surface area contributed by atoms with Crippen molar-refractivity contribution in [2.45, 2.75) is 6.92 Å². The maximum atomic E-state index is 5.56. The fourth-order valence-electron chi connectivity index (χ4n) is 0.804. The summed E-state index contributed by atoms with van der Waals surface area (Å²) in [4.78, 5) is 0. The zero-order valence-corrected chi connectivity index (χ0v) is 6.09. The van der Waals surface area contributed by atoms with Gasteiger partial charge in [0.15, 0.2) is 0 Å². The second kappa shape index (κ2) is 2.74. The molecule has 0 N–H and O–H groups in total. The molecule has 1 heteroatoms. The largest absolute Gasteiger partial charge is 0.113 e. The molecule has 0 saturated carbocycles. The molecule has 0 nitrogen and oxygen atoms in total. The third-order valence-corrected chi connectivity index (χ3v) is 1.38. The summed E-state index contributed by atoms with van der Waals surface area (Å²) < 4.78 is 0. The summed E-state index contributed by atoms with van der Waals surface area (Å²) in [6.07, 6.45) is 0. The molecule has 1 rings (SSSR count). The molecule has 0 amide bonds. The van der Waals surface area contributed by atoms with E-state index in [4.69, 9.17) is 7.85 Å². The number of rotatable bonds is 1. The van der Waals surface area contributed by atoms with E-state index in [0.29, 0.717) is 0 Å². The summed E-state index contributed by atoms with van der Waals surface area (Å²) in [5.41, 5.74) is 2.95. The minimum Gasteiger partial charge on any atom is -0.0961 e. The monoisotopic (exact) mass is 128 g/mol. The van der Waals surface area contributed by atoms with Crippen LogP contribution in [0.3, 0.4) is 0 Å². The first-order valence-electron chi connectivity index (χ1n) is 3.21. The lowest BCUT2D eigenvalue weighted by atomic mass is 9.93. The molecule has 0 spiro atoms. The SMILES string of the molecule is [B]c1cccc(C(=C)C)c1. The topological polar surface area (TPSA) is 0 Å². The maximum absolute atomic E-state index is 5.56. The van der Waals surface area contributed by atoms with Crippen molar-refractivity contribution >= 4 is 18.9 Å². The van der Waals surface area contributed by atoms with E-state index in [0.717, 1.165) is 16.6 Å². The molecule has 0 aromatic heterocycles. The van der Waals surface area contributed by atoms with Gasteiger partial charge in [-0.05, 0) is 12.5 Å². The van der Waals surface area contributed by atoms with Crippen LogP contribution in [0.4, 0.5) is 0 Å². The van der Waals surface area contributed by atoms with Crippen molar-refractivity contribution in [2.24, 2.45) is 0 Å². The van der Waals surface area contributed by atoms with Crippen molar-refractivity contribution in [1.29, 1.82) is 0 Å². The summed E-state index contributed by atoms with van der Waals surface area (Å²) in [5.74, 6) is 0. The molecular weight excluding hydrogens is 119 g/mol. The van der Waals surface area contributed by atoms with Crippen molar-refractivity contribution in [3.8, 4) is 0 Å². The maximum Gasteiger partial charge on any atom is 0.113 e. The molecule has 0 unspecified atom stereocenters. The summed E-state index contributed by atoms with van der Waals surface area (Å²) in [6.45, 7) is 5.78. The molecule has 48 valence electrons. The smallest absolute Gasteiger partial charge is 0.0961 e. The van der Waals surface area contributed by atoms with Crippen LogP contribution in [0.15, 0.2) is 30.8 Å². The summed E-state index contributed by atoms with van der Waals surface area (Å²) in [6, 6.07) is 7.72. The zero-order chi connectivity index (χ0) is 7.56. The minimum absolute atomic E-state index is 0.792. The second-order valence-electron chi connectivity index (χ2n) is 2.41. The van der Waals surface area contributed by atoms with Crippen molar-refractivity contribution in [3.63, 3.8) is 0 Å². The molecule has 0 saturated heterocycles. The first-order valence-corrected chi connectivity index (χ1v) is 3.21. The molecule has 0 aliphatic heterocycles. The molecule has 0 fully saturated rings. The molecule has 0 heterocycles. The molecule has 0 aliphatic carbocycles. The molecule has 0 aliphatic rings. The normalized spacial score (nSPS) is 9.30. The van der Waals surface area contributed by atoms with Crippen LogP contribution in [0.25, 0.3) is 5.57 Å². The van der Waals surface area contributed by atoms with Crippen LogP contribution in [0.1, 0.15) is 12.5 Å². The van der Waals surface area contributed by atoms with E-state index in [2.05, 4.69) is 6.58 Å². The van der Waals surface area contributed by atoms with E-state index in [9.17, 15) is 0 Å². The van der Waals surface area contributed by atoms with Gasteiger partial charge in [0.05, 0.1) is 0 Å². The third kappa shape index (κ3) is 1.50. The molecular formula is C9H9B. The molecule has 10 heavy (non-hydrogen) atoms. The fraction of sp³-hybridized carbons (Fsp3) is 0.111. The molecule has 0 bridgehead atoms. The van der Waals surface area contributed by atoms with Crippen LogP contribution in [0, 0.1) is 0 Å². The van der Waals surface area contributed by atoms with Gasteiger partial charge < -0.3 is 0 Å². The first kappa shape index (κ1) is 7.14. The Balaban J connectivity index is 3.07. The number of hydrogen-bond acceptors (Lipinski definition) is 0. The van der Waals surface area contributed by atoms with E-state index in [1.54, 1.807) is 0 Å².